The van der Waals surface area contributed by atoms with Crippen LogP contribution >= 0.6 is 11.3 Å². The number of hydrogen-bond acceptors (Lipinski definition) is 6. The highest BCUT2D eigenvalue weighted by molar-refractivity contribution is 7.10. The van der Waals surface area contributed by atoms with Crippen LogP contribution in [0.25, 0.3) is 11.3 Å². The van der Waals surface area contributed by atoms with Gasteiger partial charge in [0, 0.05) is 49.4 Å². The average molecular weight is 465 g/mol. The maximum Gasteiger partial charge on any atom is 0.261 e. The number of carbonyl (C=O) groups is 2. The Morgan fingerprint density at radius 1 is 1.06 bits per heavy atom. The Balaban J connectivity index is 1.54. The molecular weight excluding hydrogens is 436 g/mol. The van der Waals surface area contributed by atoms with Gasteiger partial charge in [-0.2, -0.15) is 0 Å². The average Bonchev–Trinajstić information content (AvgIpc) is 3.23. The number of carbonyl (C=O) groups excluding carboxylic acids is 2. The Morgan fingerprint density at radius 3 is 2.61 bits per heavy atom. The first-order valence-electron chi connectivity index (χ1n) is 11.3. The minimum absolute atomic E-state index is 0.0496. The van der Waals surface area contributed by atoms with E-state index in [1.165, 1.54) is 0 Å². The van der Waals surface area contributed by atoms with Crippen LogP contribution in [0.2, 0.25) is 0 Å². The summed E-state index contributed by atoms with van der Waals surface area (Å²) in [4.78, 5) is 38.4. The molecule has 1 unspecified atom stereocenters. The summed E-state index contributed by atoms with van der Waals surface area (Å²) in [6, 6.07) is 13.0. The highest BCUT2D eigenvalue weighted by Crippen LogP contribution is 2.32. The lowest BCUT2D eigenvalue weighted by Crippen LogP contribution is -2.40. The molecule has 1 saturated heterocycles. The van der Waals surface area contributed by atoms with Gasteiger partial charge in [-0.15, -0.1) is 11.3 Å². The molecular formula is C25H28N4O3S. The molecule has 0 saturated carbocycles. The zero-order valence-corrected chi connectivity index (χ0v) is 19.5. The van der Waals surface area contributed by atoms with Gasteiger partial charge in [-0.25, -0.2) is 4.98 Å². The number of rotatable bonds is 7. The van der Waals surface area contributed by atoms with Crippen LogP contribution in [0.4, 0.5) is 0 Å². The molecule has 0 N–H and O–H groups in total. The van der Waals surface area contributed by atoms with Gasteiger partial charge in [-0.3, -0.25) is 14.6 Å². The molecule has 3 aromatic rings. The summed E-state index contributed by atoms with van der Waals surface area (Å²) in [5.41, 5.74) is 1.86. The van der Waals surface area contributed by atoms with E-state index in [1.54, 1.807) is 23.7 Å². The summed E-state index contributed by atoms with van der Waals surface area (Å²) in [6.07, 6.45) is 5.48. The van der Waals surface area contributed by atoms with E-state index < -0.39 is 0 Å². The van der Waals surface area contributed by atoms with Crippen molar-refractivity contribution in [3.8, 4) is 17.0 Å². The van der Waals surface area contributed by atoms with E-state index in [4.69, 9.17) is 9.72 Å². The van der Waals surface area contributed by atoms with E-state index in [-0.39, 0.29) is 24.5 Å². The first kappa shape index (κ1) is 22.9. The molecule has 1 aliphatic heterocycles. The van der Waals surface area contributed by atoms with E-state index in [2.05, 4.69) is 4.98 Å². The van der Waals surface area contributed by atoms with Crippen LogP contribution in [-0.2, 0) is 9.59 Å². The molecule has 172 valence electrons. The first-order chi connectivity index (χ1) is 16.2. The van der Waals surface area contributed by atoms with Crippen molar-refractivity contribution in [2.75, 3.05) is 26.2 Å². The number of ether oxygens (including phenoxy) is 1. The number of pyridine rings is 1. The zero-order chi connectivity index (χ0) is 23.0. The summed E-state index contributed by atoms with van der Waals surface area (Å²) in [6.45, 7) is 3.55. The maximum atomic E-state index is 13.3. The second kappa shape index (κ2) is 11.0. The minimum Gasteiger partial charge on any atom is -0.484 e. The Morgan fingerprint density at radius 2 is 1.85 bits per heavy atom. The van der Waals surface area contributed by atoms with Gasteiger partial charge in [-0.1, -0.05) is 25.1 Å². The summed E-state index contributed by atoms with van der Waals surface area (Å²) in [5, 5.41) is 2.89. The van der Waals surface area contributed by atoms with Gasteiger partial charge in [0.1, 0.15) is 10.8 Å². The molecule has 0 spiro atoms. The van der Waals surface area contributed by atoms with Gasteiger partial charge in [0.25, 0.3) is 5.91 Å². The molecule has 4 rings (SSSR count). The molecule has 8 heteroatoms. The van der Waals surface area contributed by atoms with Crippen LogP contribution in [0.15, 0.2) is 60.2 Å². The third-order valence-corrected chi connectivity index (χ3v) is 6.63. The molecule has 1 aliphatic rings. The van der Waals surface area contributed by atoms with Crippen molar-refractivity contribution in [1.82, 2.24) is 19.8 Å². The predicted octanol–water partition coefficient (Wildman–Crippen LogP) is 4.19. The number of hydrogen-bond donors (Lipinski definition) is 0. The number of benzene rings is 1. The summed E-state index contributed by atoms with van der Waals surface area (Å²) < 4.78 is 5.74. The molecule has 1 atom stereocenters. The van der Waals surface area contributed by atoms with Gasteiger partial charge in [0.2, 0.25) is 5.91 Å². The van der Waals surface area contributed by atoms with Gasteiger partial charge < -0.3 is 14.5 Å². The number of nitrogens with zero attached hydrogens (tertiary/aromatic N) is 4. The van der Waals surface area contributed by atoms with Crippen LogP contribution < -0.4 is 4.74 Å². The van der Waals surface area contributed by atoms with Gasteiger partial charge in [0.15, 0.2) is 6.61 Å². The van der Waals surface area contributed by atoms with Crippen molar-refractivity contribution in [1.29, 1.82) is 0 Å². The number of aromatic nitrogens is 2. The van der Waals surface area contributed by atoms with Gasteiger partial charge in [-0.05, 0) is 37.1 Å². The van der Waals surface area contributed by atoms with Crippen LogP contribution in [0.1, 0.15) is 37.2 Å². The maximum absolute atomic E-state index is 13.3. The third kappa shape index (κ3) is 5.76. The van der Waals surface area contributed by atoms with Gasteiger partial charge >= 0.3 is 0 Å². The molecule has 2 aromatic heterocycles. The monoisotopic (exact) mass is 464 g/mol. The molecule has 0 bridgehead atoms. The molecule has 2 amide bonds. The number of thiazole rings is 1. The lowest BCUT2D eigenvalue weighted by atomic mass is 10.1. The summed E-state index contributed by atoms with van der Waals surface area (Å²) >= 11 is 1.55. The smallest absolute Gasteiger partial charge is 0.261 e. The van der Waals surface area contributed by atoms with Crippen molar-refractivity contribution in [3.63, 3.8) is 0 Å². The standard InChI is InChI=1S/C25H28N4O3S/c1-2-6-23(30)28-14-11-22(25-27-21(18-33-25)19-9-12-26-13-10-19)29(16-15-28)24(31)17-32-20-7-4-3-5-8-20/h3-5,7-10,12-13,18,22H,2,6,11,14-17H2,1H3. The summed E-state index contributed by atoms with van der Waals surface area (Å²) in [7, 11) is 0. The van der Waals surface area contributed by atoms with Crippen molar-refractivity contribution in [2.24, 2.45) is 0 Å². The fraction of sp³-hybridized carbons (Fsp3) is 0.360. The summed E-state index contributed by atoms with van der Waals surface area (Å²) in [5.74, 6) is 0.697. The first-order valence-corrected chi connectivity index (χ1v) is 12.1. The van der Waals surface area contributed by atoms with Crippen LogP contribution in [0.3, 0.4) is 0 Å². The van der Waals surface area contributed by atoms with E-state index in [1.807, 2.05) is 64.6 Å². The molecule has 0 aliphatic carbocycles. The van der Waals surface area contributed by atoms with Crippen molar-refractivity contribution >= 4 is 23.2 Å². The lowest BCUT2D eigenvalue weighted by Gasteiger charge is -2.28. The second-order valence-electron chi connectivity index (χ2n) is 7.93. The highest BCUT2D eigenvalue weighted by atomic mass is 32.1. The van der Waals surface area contributed by atoms with Crippen LogP contribution in [0.5, 0.6) is 5.75 Å². The van der Waals surface area contributed by atoms with Crippen molar-refractivity contribution < 1.29 is 14.3 Å². The Bertz CT molecular complexity index is 1060. The Hall–Kier alpha value is -3.26. The van der Waals surface area contributed by atoms with E-state index in [0.29, 0.717) is 38.2 Å². The number of amides is 2. The fourth-order valence-electron chi connectivity index (χ4n) is 3.95. The molecule has 3 heterocycles. The molecule has 33 heavy (non-hydrogen) atoms. The number of para-hydroxylation sites is 1. The molecule has 1 aromatic carbocycles. The Kier molecular flexibility index (Phi) is 7.67. The third-order valence-electron chi connectivity index (χ3n) is 5.69. The quantitative estimate of drug-likeness (QED) is 0.524. The molecule has 7 nitrogen and oxygen atoms in total. The molecule has 1 fully saturated rings. The van der Waals surface area contributed by atoms with E-state index >= 15 is 0 Å². The normalized spacial score (nSPS) is 16.3. The van der Waals surface area contributed by atoms with Crippen molar-refractivity contribution in [2.45, 2.75) is 32.2 Å². The topological polar surface area (TPSA) is 75.6 Å². The SMILES string of the molecule is CCCC(=O)N1CCC(c2nc(-c3ccncc3)cs2)N(C(=O)COc2ccccc2)CC1. The van der Waals surface area contributed by atoms with Crippen LogP contribution in [-0.4, -0.2) is 57.8 Å². The minimum atomic E-state index is -0.197. The lowest BCUT2D eigenvalue weighted by molar-refractivity contribution is -0.136. The van der Waals surface area contributed by atoms with E-state index in [9.17, 15) is 9.59 Å². The van der Waals surface area contributed by atoms with Crippen molar-refractivity contribution in [3.05, 3.63) is 65.2 Å². The zero-order valence-electron chi connectivity index (χ0n) is 18.7. The molecule has 0 radical (unpaired) electrons. The second-order valence-corrected chi connectivity index (χ2v) is 8.82. The predicted molar refractivity (Wildman–Crippen MR) is 128 cm³/mol. The largest absolute Gasteiger partial charge is 0.484 e. The van der Waals surface area contributed by atoms with Gasteiger partial charge in [0.05, 0.1) is 11.7 Å². The fourth-order valence-corrected chi connectivity index (χ4v) is 4.92. The van der Waals surface area contributed by atoms with Crippen LogP contribution in [0, 0.1) is 0 Å². The Labute approximate surface area is 198 Å². The van der Waals surface area contributed by atoms with E-state index in [0.717, 1.165) is 22.7 Å². The highest BCUT2D eigenvalue weighted by Gasteiger charge is 2.32.